The van der Waals surface area contributed by atoms with Crippen molar-refractivity contribution < 1.29 is 20.1 Å². The molecule has 0 saturated carbocycles. The number of aliphatic hydroxyl groups excluding tert-OH is 1. The first-order chi connectivity index (χ1) is 6.52. The molecule has 0 bridgehead atoms. The van der Waals surface area contributed by atoms with Crippen molar-refractivity contribution in [2.24, 2.45) is 0 Å². The Morgan fingerprint density at radius 2 is 1.86 bits per heavy atom. The average molecular weight is 196 g/mol. The normalized spacial score (nSPS) is 12.4. The number of Topliss-reactive ketones (excluding diaryl/α,β-unsaturated/α-hetero) is 1. The minimum Gasteiger partial charge on any atom is -0.508 e. The molecular weight excluding hydrogens is 184 g/mol. The SMILES string of the molecule is CC(O)C(=O)Cc1c(O)cccc1O. The van der Waals surface area contributed by atoms with E-state index in [1.54, 1.807) is 0 Å². The summed E-state index contributed by atoms with van der Waals surface area (Å²) >= 11 is 0. The highest BCUT2D eigenvalue weighted by molar-refractivity contribution is 5.85. The van der Waals surface area contributed by atoms with E-state index in [0.29, 0.717) is 0 Å². The third-order valence-electron chi connectivity index (χ3n) is 1.94. The predicted molar refractivity (Wildman–Crippen MR) is 50.2 cm³/mol. The molecule has 4 nitrogen and oxygen atoms in total. The second-order valence-corrected chi connectivity index (χ2v) is 3.09. The Morgan fingerprint density at radius 1 is 1.36 bits per heavy atom. The molecule has 0 spiro atoms. The largest absolute Gasteiger partial charge is 0.508 e. The fourth-order valence-corrected chi connectivity index (χ4v) is 1.07. The Hall–Kier alpha value is -1.55. The quantitative estimate of drug-likeness (QED) is 0.661. The van der Waals surface area contributed by atoms with Crippen LogP contribution in [-0.4, -0.2) is 27.2 Å². The van der Waals surface area contributed by atoms with Crippen LogP contribution in [0.25, 0.3) is 0 Å². The van der Waals surface area contributed by atoms with E-state index >= 15 is 0 Å². The summed E-state index contributed by atoms with van der Waals surface area (Å²) in [6.07, 6.45) is -1.26. The summed E-state index contributed by atoms with van der Waals surface area (Å²) in [6, 6.07) is 4.23. The highest BCUT2D eigenvalue weighted by atomic mass is 16.3. The lowest BCUT2D eigenvalue weighted by molar-refractivity contribution is -0.125. The number of phenols is 2. The molecule has 0 aliphatic carbocycles. The third-order valence-corrected chi connectivity index (χ3v) is 1.94. The predicted octanol–water partition coefficient (Wildman–Crippen LogP) is 0.590. The zero-order valence-corrected chi connectivity index (χ0v) is 7.77. The van der Waals surface area contributed by atoms with Crippen LogP contribution in [0.2, 0.25) is 0 Å². The van der Waals surface area contributed by atoms with E-state index in [-0.39, 0.29) is 23.5 Å². The number of carbonyl (C=O) groups excluding carboxylic acids is 1. The number of benzene rings is 1. The number of ketones is 1. The first-order valence-corrected chi connectivity index (χ1v) is 4.23. The molecule has 76 valence electrons. The topological polar surface area (TPSA) is 77.8 Å². The molecule has 3 N–H and O–H groups in total. The minimum absolute atomic E-state index is 0.140. The van der Waals surface area contributed by atoms with Crippen molar-refractivity contribution in [3.63, 3.8) is 0 Å². The van der Waals surface area contributed by atoms with Gasteiger partial charge >= 0.3 is 0 Å². The average Bonchev–Trinajstić information content (AvgIpc) is 2.11. The van der Waals surface area contributed by atoms with Crippen molar-refractivity contribution in [2.75, 3.05) is 0 Å². The fourth-order valence-electron chi connectivity index (χ4n) is 1.07. The Morgan fingerprint density at radius 3 is 2.29 bits per heavy atom. The molecule has 0 heterocycles. The van der Waals surface area contributed by atoms with Crippen LogP contribution in [0.15, 0.2) is 18.2 Å². The first kappa shape index (κ1) is 10.5. The molecule has 0 aliphatic heterocycles. The molecule has 14 heavy (non-hydrogen) atoms. The van der Waals surface area contributed by atoms with Gasteiger partial charge in [0.15, 0.2) is 5.78 Å². The molecule has 1 aromatic carbocycles. The van der Waals surface area contributed by atoms with E-state index in [0.717, 1.165) is 0 Å². The smallest absolute Gasteiger partial charge is 0.165 e. The summed E-state index contributed by atoms with van der Waals surface area (Å²) in [6.45, 7) is 1.35. The van der Waals surface area contributed by atoms with Crippen molar-refractivity contribution in [1.82, 2.24) is 0 Å². The second kappa shape index (κ2) is 4.11. The number of carbonyl (C=O) groups is 1. The maximum Gasteiger partial charge on any atom is 0.165 e. The van der Waals surface area contributed by atoms with Gasteiger partial charge in [-0.3, -0.25) is 4.79 Å². The fraction of sp³-hybridized carbons (Fsp3) is 0.300. The lowest BCUT2D eigenvalue weighted by Gasteiger charge is -2.07. The Kier molecular flexibility index (Phi) is 3.09. The number of hydrogen-bond acceptors (Lipinski definition) is 4. The molecule has 0 fully saturated rings. The van der Waals surface area contributed by atoms with Crippen LogP contribution < -0.4 is 0 Å². The molecule has 0 amide bonds. The van der Waals surface area contributed by atoms with Gasteiger partial charge in [0.25, 0.3) is 0 Å². The number of phenolic OH excluding ortho intramolecular Hbond substituents is 2. The number of hydrogen-bond donors (Lipinski definition) is 3. The van der Waals surface area contributed by atoms with Crippen LogP contribution in [0.4, 0.5) is 0 Å². The summed E-state index contributed by atoms with van der Waals surface area (Å²) in [5.74, 6) is -0.722. The van der Waals surface area contributed by atoms with Crippen molar-refractivity contribution in [3.05, 3.63) is 23.8 Å². The molecule has 1 rings (SSSR count). The number of aromatic hydroxyl groups is 2. The van der Waals surface area contributed by atoms with E-state index in [9.17, 15) is 15.0 Å². The van der Waals surface area contributed by atoms with Crippen LogP contribution in [0, 0.1) is 0 Å². The van der Waals surface area contributed by atoms with Crippen LogP contribution in [0.5, 0.6) is 11.5 Å². The van der Waals surface area contributed by atoms with E-state index in [1.807, 2.05) is 0 Å². The molecular formula is C10H12O4. The first-order valence-electron chi connectivity index (χ1n) is 4.23. The minimum atomic E-state index is -1.09. The molecule has 0 aromatic heterocycles. The summed E-state index contributed by atoms with van der Waals surface area (Å²) in [5.41, 5.74) is 0.151. The van der Waals surface area contributed by atoms with Crippen LogP contribution in [0.3, 0.4) is 0 Å². The number of aliphatic hydroxyl groups is 1. The van der Waals surface area contributed by atoms with Gasteiger partial charge in [-0.2, -0.15) is 0 Å². The van der Waals surface area contributed by atoms with Crippen molar-refractivity contribution >= 4 is 5.78 Å². The highest BCUT2D eigenvalue weighted by Crippen LogP contribution is 2.26. The molecule has 0 saturated heterocycles. The second-order valence-electron chi connectivity index (χ2n) is 3.09. The summed E-state index contributed by atoms with van der Waals surface area (Å²) in [4.78, 5) is 11.1. The number of rotatable bonds is 3. The van der Waals surface area contributed by atoms with E-state index in [4.69, 9.17) is 5.11 Å². The van der Waals surface area contributed by atoms with Gasteiger partial charge in [0, 0.05) is 12.0 Å². The summed E-state index contributed by atoms with van der Waals surface area (Å²) in [5, 5.41) is 27.6. The van der Waals surface area contributed by atoms with Crippen molar-refractivity contribution in [2.45, 2.75) is 19.4 Å². The molecule has 1 aromatic rings. The molecule has 0 radical (unpaired) electrons. The monoisotopic (exact) mass is 196 g/mol. The Labute approximate surface area is 81.4 Å². The Balaban J connectivity index is 2.91. The summed E-state index contributed by atoms with van der Waals surface area (Å²) < 4.78 is 0. The van der Waals surface area contributed by atoms with Crippen LogP contribution in [0.1, 0.15) is 12.5 Å². The zero-order chi connectivity index (χ0) is 10.7. The highest BCUT2D eigenvalue weighted by Gasteiger charge is 2.15. The summed E-state index contributed by atoms with van der Waals surface area (Å²) in [7, 11) is 0. The van der Waals surface area contributed by atoms with Gasteiger partial charge < -0.3 is 15.3 Å². The van der Waals surface area contributed by atoms with Crippen molar-refractivity contribution in [1.29, 1.82) is 0 Å². The molecule has 1 atom stereocenters. The lowest BCUT2D eigenvalue weighted by Crippen LogP contribution is -2.18. The lowest BCUT2D eigenvalue weighted by atomic mass is 10.0. The molecule has 4 heteroatoms. The van der Waals surface area contributed by atoms with Gasteiger partial charge in [-0.25, -0.2) is 0 Å². The third kappa shape index (κ3) is 2.23. The zero-order valence-electron chi connectivity index (χ0n) is 7.77. The van der Waals surface area contributed by atoms with Gasteiger partial charge in [0.05, 0.1) is 0 Å². The maximum atomic E-state index is 11.1. The van der Waals surface area contributed by atoms with Crippen LogP contribution >= 0.6 is 0 Å². The van der Waals surface area contributed by atoms with Gasteiger partial charge in [-0.1, -0.05) is 6.07 Å². The molecule has 0 aliphatic rings. The van der Waals surface area contributed by atoms with E-state index < -0.39 is 11.9 Å². The van der Waals surface area contributed by atoms with Gasteiger partial charge in [0.1, 0.15) is 17.6 Å². The van der Waals surface area contributed by atoms with Gasteiger partial charge in [0.2, 0.25) is 0 Å². The standard InChI is InChI=1S/C10H12O4/c1-6(11)10(14)5-7-8(12)3-2-4-9(7)13/h2-4,6,11-13H,5H2,1H3. The Bertz CT molecular complexity index is 324. The molecule has 1 unspecified atom stereocenters. The van der Waals surface area contributed by atoms with Gasteiger partial charge in [-0.15, -0.1) is 0 Å². The maximum absolute atomic E-state index is 11.1. The van der Waals surface area contributed by atoms with Crippen LogP contribution in [-0.2, 0) is 11.2 Å². The van der Waals surface area contributed by atoms with E-state index in [1.165, 1.54) is 25.1 Å². The van der Waals surface area contributed by atoms with Gasteiger partial charge in [-0.05, 0) is 19.1 Å². The van der Waals surface area contributed by atoms with Crippen molar-refractivity contribution in [3.8, 4) is 11.5 Å². The van der Waals surface area contributed by atoms with E-state index in [2.05, 4.69) is 0 Å².